The van der Waals surface area contributed by atoms with E-state index in [9.17, 15) is 18.0 Å². The van der Waals surface area contributed by atoms with Crippen LogP contribution in [0.2, 0.25) is 0 Å². The van der Waals surface area contributed by atoms with Crippen LogP contribution in [-0.2, 0) is 39.1 Å². The zero-order valence-electron chi connectivity index (χ0n) is 24.2. The number of benzene rings is 2. The molecule has 3 aromatic rings. The predicted octanol–water partition coefficient (Wildman–Crippen LogP) is 4.54. The van der Waals surface area contributed by atoms with E-state index in [0.717, 1.165) is 28.2 Å². The average molecular weight is 615 g/mol. The van der Waals surface area contributed by atoms with E-state index in [2.05, 4.69) is 10.6 Å². The number of ether oxygens (including phenoxy) is 1. The van der Waals surface area contributed by atoms with Crippen LogP contribution in [0.25, 0.3) is 0 Å². The number of carbonyl (C=O) groups excluding carboxylic acids is 2. The molecule has 12 heteroatoms. The standard InChI is InChI=1S/C30H38N4O6S2/c1-5-23-18-41-27(33-23)25(16-21-11-13-24(14-12-21)34-42(37,38)39)30(19-32-30)26(35)22(15-20-9-7-6-8-10-20)17-31-28(36)40-29(2,3)4/h6-14,18,22,25,32,34H,5,15-17,19H2,1-4H3,(H,31,36)(H,37,38,39)/t22?,25-,30?/m0/s1. The Morgan fingerprint density at radius 1 is 1.10 bits per heavy atom. The fraction of sp³-hybridized carbons (Fsp3) is 0.433. The van der Waals surface area contributed by atoms with Gasteiger partial charge in [-0.3, -0.25) is 14.1 Å². The van der Waals surface area contributed by atoms with Crippen molar-refractivity contribution in [1.29, 1.82) is 0 Å². The number of alkyl carbamates (subject to hydrolysis) is 1. The van der Waals surface area contributed by atoms with Crippen LogP contribution >= 0.6 is 11.3 Å². The molecule has 2 aromatic carbocycles. The maximum absolute atomic E-state index is 14.4. The van der Waals surface area contributed by atoms with Crippen molar-refractivity contribution in [2.45, 2.75) is 64.0 Å². The molecule has 4 rings (SSSR count). The number of anilines is 1. The zero-order valence-corrected chi connectivity index (χ0v) is 25.8. The lowest BCUT2D eigenvalue weighted by Crippen LogP contribution is -2.46. The van der Waals surface area contributed by atoms with Crippen LogP contribution in [0.3, 0.4) is 0 Å². The molecule has 1 amide bonds. The van der Waals surface area contributed by atoms with Gasteiger partial charge in [-0.15, -0.1) is 11.3 Å². The Morgan fingerprint density at radius 3 is 2.29 bits per heavy atom. The van der Waals surface area contributed by atoms with Gasteiger partial charge in [0.2, 0.25) is 0 Å². The first-order valence-electron chi connectivity index (χ1n) is 13.9. The van der Waals surface area contributed by atoms with Crippen molar-refractivity contribution in [2.75, 3.05) is 17.8 Å². The number of hydrogen-bond acceptors (Lipinski definition) is 8. The summed E-state index contributed by atoms with van der Waals surface area (Å²) in [7, 11) is -4.39. The van der Waals surface area contributed by atoms with E-state index in [0.29, 0.717) is 19.4 Å². The molecule has 2 heterocycles. The average Bonchev–Trinajstić information content (AvgIpc) is 3.58. The second-order valence-electron chi connectivity index (χ2n) is 11.5. The molecule has 42 heavy (non-hydrogen) atoms. The number of thiazole rings is 1. The molecule has 1 aromatic heterocycles. The van der Waals surface area contributed by atoms with Crippen LogP contribution in [0.1, 0.15) is 55.4 Å². The number of nitrogens with one attached hydrogen (secondary N) is 3. The fourth-order valence-electron chi connectivity index (χ4n) is 4.94. The number of amides is 1. The van der Waals surface area contributed by atoms with E-state index >= 15 is 0 Å². The van der Waals surface area contributed by atoms with Crippen molar-refractivity contribution in [1.82, 2.24) is 15.6 Å². The molecule has 3 atom stereocenters. The van der Waals surface area contributed by atoms with Gasteiger partial charge < -0.3 is 15.4 Å². The molecule has 0 radical (unpaired) electrons. The summed E-state index contributed by atoms with van der Waals surface area (Å²) in [4.78, 5) is 31.8. The maximum Gasteiger partial charge on any atom is 0.407 e. The summed E-state index contributed by atoms with van der Waals surface area (Å²) >= 11 is 1.52. The van der Waals surface area contributed by atoms with Gasteiger partial charge in [-0.1, -0.05) is 49.4 Å². The smallest absolute Gasteiger partial charge is 0.407 e. The summed E-state index contributed by atoms with van der Waals surface area (Å²) in [6, 6.07) is 16.4. The van der Waals surface area contributed by atoms with Gasteiger partial charge in [0.05, 0.1) is 21.9 Å². The Balaban J connectivity index is 1.62. The second-order valence-corrected chi connectivity index (χ2v) is 13.6. The highest BCUT2D eigenvalue weighted by molar-refractivity contribution is 7.87. The molecule has 0 aliphatic carbocycles. The molecule has 0 spiro atoms. The van der Waals surface area contributed by atoms with Gasteiger partial charge in [-0.25, -0.2) is 9.78 Å². The Kier molecular flexibility index (Phi) is 9.71. The number of ketones is 1. The lowest BCUT2D eigenvalue weighted by Gasteiger charge is -2.28. The first-order valence-corrected chi connectivity index (χ1v) is 16.2. The minimum Gasteiger partial charge on any atom is -0.444 e. The molecule has 10 nitrogen and oxygen atoms in total. The molecule has 1 aliphatic heterocycles. The highest BCUT2D eigenvalue weighted by atomic mass is 32.2. The number of nitrogens with zero attached hydrogens (tertiary/aromatic N) is 1. The highest BCUT2D eigenvalue weighted by Gasteiger charge is 2.58. The van der Waals surface area contributed by atoms with E-state index < -0.39 is 33.5 Å². The Morgan fingerprint density at radius 2 is 1.74 bits per heavy atom. The number of carbonyl (C=O) groups is 2. The lowest BCUT2D eigenvalue weighted by molar-refractivity contribution is -0.125. The minimum atomic E-state index is -4.39. The SMILES string of the molecule is CCc1csc([C@H](Cc2ccc(NS(=O)(=O)O)cc2)C2(C(=O)C(CNC(=O)OC(C)(C)C)Cc3ccccc3)CN2)n1. The van der Waals surface area contributed by atoms with Gasteiger partial charge >= 0.3 is 16.4 Å². The topological polar surface area (TPSA) is 157 Å². The third kappa shape index (κ3) is 8.60. The van der Waals surface area contributed by atoms with Crippen molar-refractivity contribution in [3.05, 3.63) is 81.8 Å². The van der Waals surface area contributed by atoms with Crippen molar-refractivity contribution >= 4 is 39.2 Å². The number of aromatic nitrogens is 1. The van der Waals surface area contributed by atoms with Crippen LogP contribution < -0.4 is 15.4 Å². The Labute approximate surface area is 251 Å². The van der Waals surface area contributed by atoms with Gasteiger partial charge in [-0.05, 0) is 63.3 Å². The molecule has 0 saturated carbocycles. The molecule has 226 valence electrons. The zero-order chi connectivity index (χ0) is 30.5. The first-order chi connectivity index (χ1) is 19.8. The first kappa shape index (κ1) is 31.6. The van der Waals surface area contributed by atoms with Crippen LogP contribution in [0.4, 0.5) is 10.5 Å². The Hall–Kier alpha value is -3.32. The van der Waals surface area contributed by atoms with Crippen molar-refractivity contribution in [3.8, 4) is 0 Å². The van der Waals surface area contributed by atoms with Gasteiger partial charge in [0, 0.05) is 30.3 Å². The monoisotopic (exact) mass is 614 g/mol. The third-order valence-corrected chi connectivity index (χ3v) is 8.55. The van der Waals surface area contributed by atoms with Gasteiger partial charge in [0.25, 0.3) is 0 Å². The normalized spacial score (nSPS) is 18.1. The van der Waals surface area contributed by atoms with Crippen LogP contribution in [0.15, 0.2) is 60.0 Å². The van der Waals surface area contributed by atoms with Crippen LogP contribution in [-0.4, -0.2) is 54.1 Å². The van der Waals surface area contributed by atoms with Crippen molar-refractivity contribution in [3.63, 3.8) is 0 Å². The summed E-state index contributed by atoms with van der Waals surface area (Å²) in [6.07, 6.45) is 1.11. The highest BCUT2D eigenvalue weighted by Crippen LogP contribution is 2.42. The summed E-state index contributed by atoms with van der Waals surface area (Å²) in [5.41, 5.74) is 1.49. The fourth-order valence-corrected chi connectivity index (χ4v) is 6.47. The van der Waals surface area contributed by atoms with E-state index in [-0.39, 0.29) is 23.9 Å². The Bertz CT molecular complexity index is 1480. The lowest BCUT2D eigenvalue weighted by atomic mass is 9.78. The number of hydrogen-bond donors (Lipinski definition) is 4. The number of rotatable bonds is 13. The van der Waals surface area contributed by atoms with Crippen molar-refractivity contribution < 1.29 is 27.3 Å². The quantitative estimate of drug-likeness (QED) is 0.161. The van der Waals surface area contributed by atoms with Crippen molar-refractivity contribution in [2.24, 2.45) is 5.92 Å². The molecule has 1 fully saturated rings. The molecular formula is C30H38N4O6S2. The molecular weight excluding hydrogens is 576 g/mol. The summed E-state index contributed by atoms with van der Waals surface area (Å²) in [6.45, 7) is 7.98. The molecule has 1 aliphatic rings. The molecule has 0 bridgehead atoms. The van der Waals surface area contributed by atoms with Gasteiger partial charge in [0.1, 0.15) is 5.60 Å². The van der Waals surface area contributed by atoms with Crippen LogP contribution in [0.5, 0.6) is 0 Å². The van der Waals surface area contributed by atoms with E-state index in [1.165, 1.54) is 11.3 Å². The summed E-state index contributed by atoms with van der Waals surface area (Å²) in [5, 5.41) is 9.03. The van der Waals surface area contributed by atoms with Crippen LogP contribution in [0, 0.1) is 5.92 Å². The molecule has 1 saturated heterocycles. The van der Waals surface area contributed by atoms with E-state index in [1.807, 2.05) is 47.4 Å². The summed E-state index contributed by atoms with van der Waals surface area (Å²) < 4.78 is 39.0. The number of aryl methyl sites for hydroxylation is 1. The van der Waals surface area contributed by atoms with E-state index in [4.69, 9.17) is 14.3 Å². The second kappa shape index (κ2) is 12.9. The maximum atomic E-state index is 14.4. The number of Topliss-reactive ketones (excluding diaryl/α,β-unsaturated/α-hetero) is 1. The largest absolute Gasteiger partial charge is 0.444 e. The van der Waals surface area contributed by atoms with Gasteiger partial charge in [0.15, 0.2) is 5.78 Å². The minimum absolute atomic E-state index is 0.00896. The molecule has 4 N–H and O–H groups in total. The summed E-state index contributed by atoms with van der Waals surface area (Å²) in [5.74, 6) is -0.829. The third-order valence-electron chi connectivity index (χ3n) is 7.05. The van der Waals surface area contributed by atoms with Gasteiger partial charge in [-0.2, -0.15) is 8.42 Å². The van der Waals surface area contributed by atoms with E-state index in [1.54, 1.807) is 45.0 Å². The molecule has 2 unspecified atom stereocenters. The predicted molar refractivity (Wildman–Crippen MR) is 163 cm³/mol.